The van der Waals surface area contributed by atoms with Crippen molar-refractivity contribution < 1.29 is 14.1 Å². The quantitative estimate of drug-likeness (QED) is 0.330. The first-order valence-corrected chi connectivity index (χ1v) is 10.7. The zero-order chi connectivity index (χ0) is 22.0. The van der Waals surface area contributed by atoms with E-state index in [1.807, 2.05) is 39.0 Å². The highest BCUT2D eigenvalue weighted by Crippen LogP contribution is 2.29. The predicted molar refractivity (Wildman–Crippen MR) is 117 cm³/mol. The second kappa shape index (κ2) is 8.77. The number of hydrogen-bond acceptors (Lipinski definition) is 7. The predicted octanol–water partition coefficient (Wildman–Crippen LogP) is 4.26. The van der Waals surface area contributed by atoms with Gasteiger partial charge in [0, 0.05) is 28.5 Å². The average molecular weight is 436 g/mol. The van der Waals surface area contributed by atoms with Crippen molar-refractivity contribution in [1.29, 1.82) is 0 Å². The first-order chi connectivity index (χ1) is 14.9. The van der Waals surface area contributed by atoms with Crippen LogP contribution in [0.25, 0.3) is 5.65 Å². The summed E-state index contributed by atoms with van der Waals surface area (Å²) in [7, 11) is 0. The number of rotatable bonds is 6. The van der Waals surface area contributed by atoms with Gasteiger partial charge >= 0.3 is 5.97 Å². The van der Waals surface area contributed by atoms with E-state index in [9.17, 15) is 9.59 Å². The van der Waals surface area contributed by atoms with Crippen LogP contribution in [0.5, 0.6) is 0 Å². The molecule has 0 saturated heterocycles. The third kappa shape index (κ3) is 4.39. The van der Waals surface area contributed by atoms with Gasteiger partial charge in [-0.05, 0) is 44.5 Å². The largest absolute Gasteiger partial charge is 0.456 e. The molecule has 0 aliphatic rings. The molecule has 0 atom stereocenters. The average Bonchev–Trinajstić information content (AvgIpc) is 3.09. The fraction of sp³-hybridized carbons (Fsp3) is 0.217. The summed E-state index contributed by atoms with van der Waals surface area (Å²) in [5.74, 6) is 0.941. The number of ether oxygens (including phenoxy) is 1. The molecule has 0 N–H and O–H groups in total. The number of nitrogens with zero attached hydrogens (tertiary/aromatic N) is 3. The lowest BCUT2D eigenvalue weighted by molar-refractivity contribution is 0.0463. The molecule has 0 bridgehead atoms. The summed E-state index contributed by atoms with van der Waals surface area (Å²) in [6, 6.07) is 12.3. The normalized spacial score (nSPS) is 11.1. The second-order valence-electron chi connectivity index (χ2n) is 7.13. The molecular weight excluding hydrogens is 414 g/mol. The van der Waals surface area contributed by atoms with Crippen LogP contribution >= 0.6 is 11.8 Å². The SMILES string of the molecule is Cc1noc(C)c1CSc1ccccc1C(=O)OCc1cc(=O)n2cccc(C)c2n1. The molecule has 0 aliphatic heterocycles. The standard InChI is InChI=1S/C23H21N3O4S/c1-14-7-6-10-26-21(27)11-17(24-22(14)26)12-29-23(28)18-8-4-5-9-20(18)31-13-19-15(2)25-30-16(19)3/h4-11H,12-13H2,1-3H3. The molecule has 0 amide bonds. The minimum absolute atomic E-state index is 0.0816. The molecule has 3 aromatic heterocycles. The summed E-state index contributed by atoms with van der Waals surface area (Å²) < 4.78 is 12.2. The summed E-state index contributed by atoms with van der Waals surface area (Å²) in [4.78, 5) is 30.4. The van der Waals surface area contributed by atoms with Crippen LogP contribution in [0.3, 0.4) is 0 Å². The molecule has 0 spiro atoms. The van der Waals surface area contributed by atoms with Crippen LogP contribution in [-0.4, -0.2) is 20.5 Å². The highest BCUT2D eigenvalue weighted by Gasteiger charge is 2.16. The van der Waals surface area contributed by atoms with Gasteiger partial charge in [0.25, 0.3) is 5.56 Å². The maximum absolute atomic E-state index is 12.8. The van der Waals surface area contributed by atoms with Crippen LogP contribution in [0.15, 0.2) is 62.9 Å². The number of thioether (sulfide) groups is 1. The molecule has 0 unspecified atom stereocenters. The Morgan fingerprint density at radius 2 is 1.97 bits per heavy atom. The zero-order valence-corrected chi connectivity index (χ0v) is 18.2. The first-order valence-electron chi connectivity index (χ1n) is 9.72. The van der Waals surface area contributed by atoms with Gasteiger partial charge < -0.3 is 9.26 Å². The minimum atomic E-state index is -0.464. The second-order valence-corrected chi connectivity index (χ2v) is 8.15. The lowest BCUT2D eigenvalue weighted by atomic mass is 10.2. The van der Waals surface area contributed by atoms with E-state index in [1.54, 1.807) is 24.4 Å². The molecular formula is C23H21N3O4S. The minimum Gasteiger partial charge on any atom is -0.456 e. The van der Waals surface area contributed by atoms with Gasteiger partial charge in [-0.2, -0.15) is 0 Å². The van der Waals surface area contributed by atoms with E-state index in [0.717, 1.165) is 27.5 Å². The maximum atomic E-state index is 12.8. The Labute approximate surface area is 183 Å². The molecule has 0 radical (unpaired) electrons. The summed E-state index contributed by atoms with van der Waals surface area (Å²) >= 11 is 1.52. The number of hydrogen-bond donors (Lipinski definition) is 0. The number of pyridine rings is 1. The fourth-order valence-corrected chi connectivity index (χ4v) is 4.41. The molecule has 8 heteroatoms. The monoisotopic (exact) mass is 435 g/mol. The highest BCUT2D eigenvalue weighted by atomic mass is 32.2. The lowest BCUT2D eigenvalue weighted by Crippen LogP contribution is -2.17. The molecule has 7 nitrogen and oxygen atoms in total. The molecule has 0 aliphatic carbocycles. The van der Waals surface area contributed by atoms with Crippen molar-refractivity contribution in [3.05, 3.63) is 92.9 Å². The van der Waals surface area contributed by atoms with Crippen LogP contribution in [0.2, 0.25) is 0 Å². The van der Waals surface area contributed by atoms with Crippen molar-refractivity contribution >= 4 is 23.4 Å². The summed E-state index contributed by atoms with van der Waals surface area (Å²) in [5.41, 5.74) is 3.94. The Kier molecular flexibility index (Phi) is 5.90. The van der Waals surface area contributed by atoms with E-state index < -0.39 is 5.97 Å². The smallest absolute Gasteiger partial charge is 0.339 e. The summed E-state index contributed by atoms with van der Waals surface area (Å²) in [6.07, 6.45) is 1.67. The van der Waals surface area contributed by atoms with Gasteiger partial charge in [0.05, 0.1) is 17.0 Å². The Bertz CT molecular complexity index is 1310. The fourth-order valence-electron chi connectivity index (χ4n) is 3.22. The number of esters is 1. The van der Waals surface area contributed by atoms with E-state index in [0.29, 0.717) is 22.7 Å². The van der Waals surface area contributed by atoms with Crippen molar-refractivity contribution in [3.63, 3.8) is 0 Å². The van der Waals surface area contributed by atoms with Crippen LogP contribution in [0.4, 0.5) is 0 Å². The van der Waals surface area contributed by atoms with Crippen molar-refractivity contribution in [2.24, 2.45) is 0 Å². The molecule has 0 fully saturated rings. The molecule has 31 heavy (non-hydrogen) atoms. The van der Waals surface area contributed by atoms with E-state index in [2.05, 4.69) is 10.1 Å². The molecule has 1 aromatic carbocycles. The Morgan fingerprint density at radius 3 is 2.74 bits per heavy atom. The Hall–Kier alpha value is -3.39. The zero-order valence-electron chi connectivity index (χ0n) is 17.4. The third-order valence-corrected chi connectivity index (χ3v) is 6.05. The van der Waals surface area contributed by atoms with Gasteiger partial charge in [0.1, 0.15) is 18.0 Å². The number of carbonyl (C=O) groups is 1. The van der Waals surface area contributed by atoms with Crippen molar-refractivity contribution in [2.45, 2.75) is 38.0 Å². The van der Waals surface area contributed by atoms with Crippen LogP contribution in [0, 0.1) is 20.8 Å². The molecule has 4 rings (SSSR count). The van der Waals surface area contributed by atoms with Crippen LogP contribution < -0.4 is 5.56 Å². The number of benzene rings is 1. The van der Waals surface area contributed by atoms with E-state index in [4.69, 9.17) is 9.26 Å². The van der Waals surface area contributed by atoms with Gasteiger partial charge in [-0.25, -0.2) is 9.78 Å². The third-order valence-electron chi connectivity index (χ3n) is 4.95. The Morgan fingerprint density at radius 1 is 1.16 bits per heavy atom. The van der Waals surface area contributed by atoms with Crippen molar-refractivity contribution in [1.82, 2.24) is 14.5 Å². The number of aryl methyl sites for hydroxylation is 3. The molecule has 0 saturated carbocycles. The summed E-state index contributed by atoms with van der Waals surface area (Å²) in [6.45, 7) is 5.57. The molecule has 158 valence electrons. The van der Waals surface area contributed by atoms with Gasteiger partial charge in [-0.1, -0.05) is 23.4 Å². The highest BCUT2D eigenvalue weighted by molar-refractivity contribution is 7.98. The van der Waals surface area contributed by atoms with E-state index in [-0.39, 0.29) is 12.2 Å². The number of fused-ring (bicyclic) bond motifs is 1. The first kappa shape index (κ1) is 20.9. The lowest BCUT2D eigenvalue weighted by Gasteiger charge is -2.10. The van der Waals surface area contributed by atoms with Gasteiger partial charge in [-0.15, -0.1) is 11.8 Å². The van der Waals surface area contributed by atoms with E-state index >= 15 is 0 Å². The van der Waals surface area contributed by atoms with Crippen LogP contribution in [-0.2, 0) is 17.1 Å². The van der Waals surface area contributed by atoms with Crippen molar-refractivity contribution in [2.75, 3.05) is 0 Å². The van der Waals surface area contributed by atoms with Crippen molar-refractivity contribution in [3.8, 4) is 0 Å². The number of carbonyl (C=O) groups excluding carboxylic acids is 1. The number of aromatic nitrogens is 3. The molecule has 3 heterocycles. The topological polar surface area (TPSA) is 86.7 Å². The molecule has 4 aromatic rings. The Balaban J connectivity index is 1.50. The van der Waals surface area contributed by atoms with E-state index in [1.165, 1.54) is 22.2 Å². The van der Waals surface area contributed by atoms with Gasteiger partial charge in [0.2, 0.25) is 0 Å². The van der Waals surface area contributed by atoms with Crippen LogP contribution in [0.1, 0.15) is 38.6 Å². The van der Waals surface area contributed by atoms with Gasteiger partial charge in [0.15, 0.2) is 0 Å². The van der Waals surface area contributed by atoms with Gasteiger partial charge in [-0.3, -0.25) is 9.20 Å². The maximum Gasteiger partial charge on any atom is 0.339 e. The summed E-state index contributed by atoms with van der Waals surface area (Å²) in [5, 5.41) is 3.97.